The molecule has 1 heterocycles. The van der Waals surface area contributed by atoms with Gasteiger partial charge in [0, 0.05) is 13.1 Å². The Labute approximate surface area is 147 Å². The van der Waals surface area contributed by atoms with Crippen molar-refractivity contribution in [2.24, 2.45) is 0 Å². The quantitative estimate of drug-likeness (QED) is 0.748. The molecule has 0 radical (unpaired) electrons. The number of likely N-dealkylation sites (N-methyl/N-ethyl adjacent to an activating group) is 1. The molecule has 1 aromatic heterocycles. The molecule has 132 valence electrons. The summed E-state index contributed by atoms with van der Waals surface area (Å²) in [5, 5.41) is 5.92. The average molecular weight is 342 g/mol. The molecule has 2 aromatic rings. The Morgan fingerprint density at radius 1 is 1.16 bits per heavy atom. The molecule has 0 saturated heterocycles. The third-order valence-corrected chi connectivity index (χ3v) is 3.45. The predicted octanol–water partition coefficient (Wildman–Crippen LogP) is 1.90. The SMILES string of the molecule is COC(=O)c1ccccc1Nc1ccc(C(=O)NCCN(C)C)nc1. The Hall–Kier alpha value is -2.93. The largest absolute Gasteiger partial charge is 0.465 e. The lowest BCUT2D eigenvalue weighted by Gasteiger charge is -2.11. The number of carbonyl (C=O) groups excluding carboxylic acids is 2. The fraction of sp³-hybridized carbons (Fsp3) is 0.278. The van der Waals surface area contributed by atoms with E-state index in [1.807, 2.05) is 25.1 Å². The molecule has 25 heavy (non-hydrogen) atoms. The number of nitrogens with one attached hydrogen (secondary N) is 2. The number of nitrogens with zero attached hydrogens (tertiary/aromatic N) is 2. The van der Waals surface area contributed by atoms with Gasteiger partial charge in [-0.1, -0.05) is 12.1 Å². The summed E-state index contributed by atoms with van der Waals surface area (Å²) in [6.45, 7) is 1.32. The monoisotopic (exact) mass is 342 g/mol. The Balaban J connectivity index is 2.04. The zero-order valence-corrected chi connectivity index (χ0v) is 14.6. The van der Waals surface area contributed by atoms with Gasteiger partial charge in [-0.15, -0.1) is 0 Å². The first kappa shape index (κ1) is 18.4. The zero-order chi connectivity index (χ0) is 18.2. The van der Waals surface area contributed by atoms with E-state index in [4.69, 9.17) is 4.74 Å². The summed E-state index contributed by atoms with van der Waals surface area (Å²) in [5.74, 6) is -0.642. The van der Waals surface area contributed by atoms with Crippen LogP contribution in [0.25, 0.3) is 0 Å². The molecular formula is C18H22N4O3. The topological polar surface area (TPSA) is 83.6 Å². The van der Waals surface area contributed by atoms with Gasteiger partial charge in [-0.3, -0.25) is 4.79 Å². The molecule has 0 saturated carbocycles. The molecule has 0 spiro atoms. The van der Waals surface area contributed by atoms with Crippen LogP contribution in [-0.4, -0.2) is 56.1 Å². The van der Waals surface area contributed by atoms with Crippen molar-refractivity contribution in [1.82, 2.24) is 15.2 Å². The Bertz CT molecular complexity index is 729. The molecule has 0 aliphatic carbocycles. The van der Waals surface area contributed by atoms with E-state index in [2.05, 4.69) is 15.6 Å². The van der Waals surface area contributed by atoms with Crippen LogP contribution in [0.5, 0.6) is 0 Å². The fourth-order valence-corrected chi connectivity index (χ4v) is 2.12. The molecule has 0 fully saturated rings. The van der Waals surface area contributed by atoms with Crippen LogP contribution < -0.4 is 10.6 Å². The van der Waals surface area contributed by atoms with Crippen LogP contribution in [0.15, 0.2) is 42.6 Å². The first-order valence-corrected chi connectivity index (χ1v) is 7.84. The van der Waals surface area contributed by atoms with Crippen molar-refractivity contribution < 1.29 is 14.3 Å². The predicted molar refractivity (Wildman–Crippen MR) is 96.2 cm³/mol. The van der Waals surface area contributed by atoms with Crippen molar-refractivity contribution in [2.45, 2.75) is 0 Å². The maximum Gasteiger partial charge on any atom is 0.339 e. The van der Waals surface area contributed by atoms with Crippen LogP contribution in [-0.2, 0) is 4.74 Å². The highest BCUT2D eigenvalue weighted by Crippen LogP contribution is 2.21. The number of anilines is 2. The molecule has 0 atom stereocenters. The summed E-state index contributed by atoms with van der Waals surface area (Å²) in [5.41, 5.74) is 2.04. The van der Waals surface area contributed by atoms with Crippen LogP contribution in [0.3, 0.4) is 0 Å². The number of amides is 1. The number of benzene rings is 1. The lowest BCUT2D eigenvalue weighted by Crippen LogP contribution is -2.31. The lowest BCUT2D eigenvalue weighted by atomic mass is 10.1. The van der Waals surface area contributed by atoms with E-state index >= 15 is 0 Å². The Morgan fingerprint density at radius 3 is 2.56 bits per heavy atom. The smallest absolute Gasteiger partial charge is 0.339 e. The summed E-state index contributed by atoms with van der Waals surface area (Å²) < 4.78 is 4.77. The average Bonchev–Trinajstić information content (AvgIpc) is 2.61. The van der Waals surface area contributed by atoms with Crippen molar-refractivity contribution >= 4 is 23.3 Å². The van der Waals surface area contributed by atoms with Crippen LogP contribution in [0, 0.1) is 0 Å². The first-order chi connectivity index (χ1) is 12.0. The van der Waals surface area contributed by atoms with Gasteiger partial charge in [0.25, 0.3) is 5.91 Å². The van der Waals surface area contributed by atoms with E-state index in [-0.39, 0.29) is 5.91 Å². The molecule has 0 unspecified atom stereocenters. The maximum absolute atomic E-state index is 12.0. The zero-order valence-electron chi connectivity index (χ0n) is 14.6. The second-order valence-electron chi connectivity index (χ2n) is 5.65. The van der Waals surface area contributed by atoms with Gasteiger partial charge in [-0.05, 0) is 38.4 Å². The summed E-state index contributed by atoms with van der Waals surface area (Å²) >= 11 is 0. The van der Waals surface area contributed by atoms with Gasteiger partial charge in [-0.2, -0.15) is 0 Å². The first-order valence-electron chi connectivity index (χ1n) is 7.84. The number of rotatable bonds is 7. The van der Waals surface area contributed by atoms with Gasteiger partial charge in [0.05, 0.1) is 30.2 Å². The fourth-order valence-electron chi connectivity index (χ4n) is 2.12. The number of esters is 1. The minimum atomic E-state index is -0.423. The van der Waals surface area contributed by atoms with E-state index in [9.17, 15) is 9.59 Å². The molecule has 0 aliphatic rings. The summed E-state index contributed by atoms with van der Waals surface area (Å²) in [4.78, 5) is 29.9. The number of hydrogen-bond donors (Lipinski definition) is 2. The Kier molecular flexibility index (Phi) is 6.47. The summed E-state index contributed by atoms with van der Waals surface area (Å²) in [6.07, 6.45) is 1.55. The van der Waals surface area contributed by atoms with Crippen molar-refractivity contribution in [3.05, 3.63) is 53.9 Å². The van der Waals surface area contributed by atoms with Crippen molar-refractivity contribution in [3.63, 3.8) is 0 Å². The number of aromatic nitrogens is 1. The van der Waals surface area contributed by atoms with Gasteiger partial charge in [-0.25, -0.2) is 9.78 Å². The second kappa shape index (κ2) is 8.79. The summed E-state index contributed by atoms with van der Waals surface area (Å²) in [7, 11) is 5.22. The van der Waals surface area contributed by atoms with E-state index in [0.717, 1.165) is 6.54 Å². The van der Waals surface area contributed by atoms with Crippen LogP contribution in [0.4, 0.5) is 11.4 Å². The van der Waals surface area contributed by atoms with Crippen LogP contribution in [0.2, 0.25) is 0 Å². The molecule has 7 nitrogen and oxygen atoms in total. The van der Waals surface area contributed by atoms with Crippen molar-refractivity contribution in [2.75, 3.05) is 39.6 Å². The molecule has 2 rings (SSSR count). The van der Waals surface area contributed by atoms with E-state index < -0.39 is 5.97 Å². The maximum atomic E-state index is 12.0. The van der Waals surface area contributed by atoms with Crippen molar-refractivity contribution in [1.29, 1.82) is 0 Å². The highest BCUT2D eigenvalue weighted by molar-refractivity contribution is 5.96. The van der Waals surface area contributed by atoms with Gasteiger partial charge >= 0.3 is 5.97 Å². The molecule has 2 N–H and O–H groups in total. The van der Waals surface area contributed by atoms with Gasteiger partial charge in [0.2, 0.25) is 0 Å². The lowest BCUT2D eigenvalue weighted by molar-refractivity contribution is 0.0601. The van der Waals surface area contributed by atoms with Crippen LogP contribution in [0.1, 0.15) is 20.8 Å². The number of methoxy groups -OCH3 is 1. The highest BCUT2D eigenvalue weighted by Gasteiger charge is 2.12. The number of hydrogen-bond acceptors (Lipinski definition) is 6. The third-order valence-electron chi connectivity index (χ3n) is 3.45. The number of para-hydroxylation sites is 1. The van der Waals surface area contributed by atoms with E-state index in [1.54, 1.807) is 36.5 Å². The number of pyridine rings is 1. The van der Waals surface area contributed by atoms with Gasteiger partial charge in [0.15, 0.2) is 0 Å². The Morgan fingerprint density at radius 2 is 1.92 bits per heavy atom. The minimum absolute atomic E-state index is 0.219. The van der Waals surface area contributed by atoms with Gasteiger partial charge < -0.3 is 20.3 Å². The van der Waals surface area contributed by atoms with Crippen molar-refractivity contribution in [3.8, 4) is 0 Å². The third kappa shape index (κ3) is 5.29. The number of carbonyl (C=O) groups is 2. The second-order valence-corrected chi connectivity index (χ2v) is 5.65. The molecule has 1 aromatic carbocycles. The van der Waals surface area contributed by atoms with Crippen LogP contribution >= 0.6 is 0 Å². The summed E-state index contributed by atoms with van der Waals surface area (Å²) in [6, 6.07) is 10.4. The molecule has 0 aliphatic heterocycles. The standard InChI is InChI=1S/C18H22N4O3/c1-22(2)11-10-19-17(23)16-9-8-13(12-20-16)21-15-7-5-4-6-14(15)18(24)25-3/h4-9,12,21H,10-11H2,1-3H3,(H,19,23). The highest BCUT2D eigenvalue weighted by atomic mass is 16.5. The minimum Gasteiger partial charge on any atom is -0.465 e. The van der Waals surface area contributed by atoms with E-state index in [0.29, 0.717) is 29.2 Å². The molecule has 7 heteroatoms. The molecular weight excluding hydrogens is 320 g/mol. The number of ether oxygens (including phenoxy) is 1. The normalized spacial score (nSPS) is 10.4. The molecule has 0 bridgehead atoms. The molecule has 1 amide bonds. The van der Waals surface area contributed by atoms with Gasteiger partial charge in [0.1, 0.15) is 5.69 Å². The van der Waals surface area contributed by atoms with E-state index in [1.165, 1.54) is 7.11 Å².